The molecule has 0 radical (unpaired) electrons. The van der Waals surface area contributed by atoms with Crippen molar-refractivity contribution in [2.45, 2.75) is 25.0 Å². The van der Waals surface area contributed by atoms with E-state index < -0.39 is 0 Å². The number of thioether (sulfide) groups is 1. The van der Waals surface area contributed by atoms with Gasteiger partial charge >= 0.3 is 0 Å². The van der Waals surface area contributed by atoms with Crippen LogP contribution in [0.1, 0.15) is 24.1 Å². The number of halogens is 1. The molecule has 140 valence electrons. The molecular weight excluding hydrogens is 382 g/mol. The predicted octanol–water partition coefficient (Wildman–Crippen LogP) is 3.59. The average molecular weight is 402 g/mol. The Morgan fingerprint density at radius 3 is 2.63 bits per heavy atom. The third-order valence-electron chi connectivity index (χ3n) is 4.06. The first-order valence-corrected chi connectivity index (χ1v) is 9.76. The van der Waals surface area contributed by atoms with E-state index in [0.29, 0.717) is 16.0 Å². The van der Waals surface area contributed by atoms with Crippen molar-refractivity contribution >= 4 is 29.3 Å². The van der Waals surface area contributed by atoms with Crippen molar-refractivity contribution in [1.29, 1.82) is 0 Å². The summed E-state index contributed by atoms with van der Waals surface area (Å²) < 4.78 is 1.40. The normalized spacial score (nSPS) is 12.0. The molecule has 1 amide bonds. The molecule has 1 aromatic heterocycles. The molecule has 0 spiro atoms. The van der Waals surface area contributed by atoms with E-state index in [4.69, 9.17) is 17.4 Å². The summed E-state index contributed by atoms with van der Waals surface area (Å²) in [6, 6.07) is 15.1. The molecule has 0 saturated heterocycles. The lowest BCUT2D eigenvalue weighted by atomic mass is 10.1. The Labute approximate surface area is 167 Å². The van der Waals surface area contributed by atoms with Crippen LogP contribution in [0.4, 0.5) is 0 Å². The van der Waals surface area contributed by atoms with E-state index in [9.17, 15) is 4.79 Å². The van der Waals surface area contributed by atoms with Gasteiger partial charge in [0.2, 0.25) is 11.1 Å². The molecule has 0 bridgehead atoms. The largest absolute Gasteiger partial charge is 0.349 e. The Hall–Kier alpha value is -2.51. The molecular formula is C19H20ClN5OS. The van der Waals surface area contributed by atoms with Crippen molar-refractivity contribution in [2.24, 2.45) is 0 Å². The van der Waals surface area contributed by atoms with Gasteiger partial charge in [-0.2, -0.15) is 0 Å². The zero-order valence-electron chi connectivity index (χ0n) is 15.0. The maximum atomic E-state index is 12.3. The van der Waals surface area contributed by atoms with Crippen molar-refractivity contribution < 1.29 is 4.79 Å². The summed E-state index contributed by atoms with van der Waals surface area (Å²) in [5.74, 6) is 6.70. The third kappa shape index (κ3) is 4.61. The molecule has 0 aliphatic rings. The number of nitrogen functional groups attached to an aromatic ring is 1. The van der Waals surface area contributed by atoms with Crippen LogP contribution in [0.2, 0.25) is 5.02 Å². The van der Waals surface area contributed by atoms with Crippen LogP contribution in [0.15, 0.2) is 53.7 Å². The first-order valence-electron chi connectivity index (χ1n) is 8.40. The lowest BCUT2D eigenvalue weighted by Gasteiger charge is -2.15. The average Bonchev–Trinajstić information content (AvgIpc) is 3.01. The fourth-order valence-electron chi connectivity index (χ4n) is 2.59. The Balaban J connectivity index is 1.61. The number of nitrogens with zero attached hydrogens (tertiary/aromatic N) is 3. The number of amides is 1. The molecule has 6 nitrogen and oxygen atoms in total. The molecule has 1 unspecified atom stereocenters. The third-order valence-corrected chi connectivity index (χ3v) is 5.34. The van der Waals surface area contributed by atoms with Crippen molar-refractivity contribution in [1.82, 2.24) is 20.2 Å². The monoisotopic (exact) mass is 401 g/mol. The number of carbonyl (C=O) groups excluding carboxylic acids is 1. The van der Waals surface area contributed by atoms with Crippen LogP contribution in [0.25, 0.3) is 11.4 Å². The Kier molecular flexibility index (Phi) is 6.03. The maximum Gasteiger partial charge on any atom is 0.230 e. The number of nitrogens with one attached hydrogen (secondary N) is 1. The van der Waals surface area contributed by atoms with E-state index in [1.54, 1.807) is 6.07 Å². The van der Waals surface area contributed by atoms with E-state index in [1.165, 1.54) is 16.4 Å². The van der Waals surface area contributed by atoms with Crippen molar-refractivity contribution in [3.63, 3.8) is 0 Å². The van der Waals surface area contributed by atoms with Crippen LogP contribution < -0.4 is 11.2 Å². The molecule has 3 aromatic rings. The number of aryl methyl sites for hydroxylation is 1. The highest BCUT2D eigenvalue weighted by atomic mass is 35.5. The van der Waals surface area contributed by atoms with Crippen LogP contribution in [-0.2, 0) is 4.79 Å². The molecule has 0 fully saturated rings. The van der Waals surface area contributed by atoms with E-state index in [2.05, 4.69) is 15.5 Å². The molecule has 0 saturated carbocycles. The quantitative estimate of drug-likeness (QED) is 0.487. The van der Waals surface area contributed by atoms with Crippen LogP contribution in [0.5, 0.6) is 0 Å². The van der Waals surface area contributed by atoms with Gasteiger partial charge in [0.25, 0.3) is 0 Å². The van der Waals surface area contributed by atoms with Gasteiger partial charge in [0.05, 0.1) is 11.8 Å². The SMILES string of the molecule is Cc1ccc(-c2nnc(SCC(=O)NC(C)c3ccccc3Cl)n2N)cc1. The van der Waals surface area contributed by atoms with Gasteiger partial charge in [0.1, 0.15) is 0 Å². The number of hydrogen-bond acceptors (Lipinski definition) is 5. The summed E-state index contributed by atoms with van der Waals surface area (Å²) in [6.07, 6.45) is 0. The summed E-state index contributed by atoms with van der Waals surface area (Å²) in [5, 5.41) is 12.3. The van der Waals surface area contributed by atoms with E-state index >= 15 is 0 Å². The van der Waals surface area contributed by atoms with Gasteiger partial charge in [-0.25, -0.2) is 4.68 Å². The molecule has 27 heavy (non-hydrogen) atoms. The van der Waals surface area contributed by atoms with Gasteiger partial charge < -0.3 is 11.2 Å². The summed E-state index contributed by atoms with van der Waals surface area (Å²) >= 11 is 7.41. The second kappa shape index (κ2) is 8.45. The topological polar surface area (TPSA) is 85.8 Å². The van der Waals surface area contributed by atoms with Gasteiger partial charge in [0, 0.05) is 10.6 Å². The lowest BCUT2D eigenvalue weighted by Crippen LogP contribution is -2.28. The van der Waals surface area contributed by atoms with E-state index in [1.807, 2.05) is 56.3 Å². The Bertz CT molecular complexity index is 942. The van der Waals surface area contributed by atoms with Crippen molar-refractivity contribution in [3.05, 3.63) is 64.7 Å². The van der Waals surface area contributed by atoms with Gasteiger partial charge in [-0.15, -0.1) is 10.2 Å². The molecule has 3 rings (SSSR count). The van der Waals surface area contributed by atoms with Crippen LogP contribution in [-0.4, -0.2) is 26.5 Å². The van der Waals surface area contributed by atoms with Crippen LogP contribution in [0, 0.1) is 6.92 Å². The predicted molar refractivity (Wildman–Crippen MR) is 109 cm³/mol. The first-order chi connectivity index (χ1) is 13.0. The number of rotatable bonds is 6. The molecule has 1 atom stereocenters. The minimum atomic E-state index is -0.189. The number of hydrogen-bond donors (Lipinski definition) is 2. The summed E-state index contributed by atoms with van der Waals surface area (Å²) in [6.45, 7) is 3.91. The number of aromatic nitrogens is 3. The molecule has 2 aromatic carbocycles. The number of carbonyl (C=O) groups is 1. The van der Waals surface area contributed by atoms with Gasteiger partial charge in [-0.1, -0.05) is 71.4 Å². The molecule has 0 aliphatic heterocycles. The summed E-state index contributed by atoms with van der Waals surface area (Å²) in [5.41, 5.74) is 2.90. The standard InChI is InChI=1S/C19H20ClN5OS/c1-12-7-9-14(10-8-12)18-23-24-19(25(18)21)27-11-17(26)22-13(2)15-5-3-4-6-16(15)20/h3-10,13H,11,21H2,1-2H3,(H,22,26). The smallest absolute Gasteiger partial charge is 0.230 e. The Morgan fingerprint density at radius 1 is 1.22 bits per heavy atom. The minimum absolute atomic E-state index is 0.132. The first kappa shape index (κ1) is 19.3. The highest BCUT2D eigenvalue weighted by Gasteiger charge is 2.16. The zero-order valence-corrected chi connectivity index (χ0v) is 16.6. The van der Waals surface area contributed by atoms with Gasteiger partial charge in [-0.05, 0) is 25.5 Å². The number of benzene rings is 2. The molecule has 8 heteroatoms. The number of nitrogens with two attached hydrogens (primary N) is 1. The second-order valence-electron chi connectivity index (χ2n) is 6.14. The highest BCUT2D eigenvalue weighted by molar-refractivity contribution is 7.99. The maximum absolute atomic E-state index is 12.3. The van der Waals surface area contributed by atoms with Gasteiger partial charge in [0.15, 0.2) is 5.82 Å². The van der Waals surface area contributed by atoms with Crippen molar-refractivity contribution in [3.8, 4) is 11.4 Å². The zero-order chi connectivity index (χ0) is 19.4. The molecule has 1 heterocycles. The van der Waals surface area contributed by atoms with E-state index in [-0.39, 0.29) is 17.7 Å². The van der Waals surface area contributed by atoms with Gasteiger partial charge in [-0.3, -0.25) is 4.79 Å². The molecule has 3 N–H and O–H groups in total. The fourth-order valence-corrected chi connectivity index (χ4v) is 3.56. The Morgan fingerprint density at radius 2 is 1.93 bits per heavy atom. The summed E-state index contributed by atoms with van der Waals surface area (Å²) in [4.78, 5) is 12.3. The highest BCUT2D eigenvalue weighted by Crippen LogP contribution is 2.24. The second-order valence-corrected chi connectivity index (χ2v) is 7.49. The molecule has 0 aliphatic carbocycles. The lowest BCUT2D eigenvalue weighted by molar-refractivity contribution is -0.119. The summed E-state index contributed by atoms with van der Waals surface area (Å²) in [7, 11) is 0. The van der Waals surface area contributed by atoms with Crippen molar-refractivity contribution in [2.75, 3.05) is 11.6 Å². The van der Waals surface area contributed by atoms with Crippen LogP contribution in [0.3, 0.4) is 0 Å². The minimum Gasteiger partial charge on any atom is -0.349 e. The fraction of sp³-hybridized carbons (Fsp3) is 0.211. The van der Waals surface area contributed by atoms with Crippen LogP contribution >= 0.6 is 23.4 Å². The van der Waals surface area contributed by atoms with E-state index in [0.717, 1.165) is 16.7 Å².